The molecule has 1 rings (SSSR count). The monoisotopic (exact) mass is 283 g/mol. The second-order valence-corrected chi connectivity index (χ2v) is 4.10. The summed E-state index contributed by atoms with van der Waals surface area (Å²) in [5, 5.41) is 25.2. The Labute approximate surface area is 112 Å². The van der Waals surface area contributed by atoms with Crippen molar-refractivity contribution in [3.05, 3.63) is 27.2 Å². The van der Waals surface area contributed by atoms with Crippen molar-refractivity contribution in [2.75, 3.05) is 0 Å². The van der Waals surface area contributed by atoms with Crippen molar-refractivity contribution in [1.29, 1.82) is 0 Å². The Kier molecular flexibility index (Phi) is 4.57. The van der Waals surface area contributed by atoms with Crippen molar-refractivity contribution in [3.8, 4) is 0 Å². The molecule has 1 atom stereocenters. The average Bonchev–Trinajstić information content (AvgIpc) is 2.33. The van der Waals surface area contributed by atoms with Crippen LogP contribution in [0.4, 0.5) is 0 Å². The van der Waals surface area contributed by atoms with Gasteiger partial charge in [0.2, 0.25) is 0 Å². The Morgan fingerprint density at radius 2 is 1.90 bits per heavy atom. The molecule has 0 fully saturated rings. The molecular weight excluding hydrogens is 270 g/mol. The summed E-state index contributed by atoms with van der Waals surface area (Å²) in [5.74, 6) is -3.84. The van der Waals surface area contributed by atoms with Gasteiger partial charge in [-0.3, -0.25) is 14.4 Å². The number of carbonyl (C=O) groups excluding carboxylic acids is 1. The van der Waals surface area contributed by atoms with Gasteiger partial charge in [0.1, 0.15) is 11.6 Å². The van der Waals surface area contributed by atoms with E-state index >= 15 is 0 Å². The van der Waals surface area contributed by atoms with Gasteiger partial charge >= 0.3 is 11.9 Å². The Bertz CT molecular complexity index is 621. The number of hydrogen-bond acceptors (Lipinski definition) is 5. The van der Waals surface area contributed by atoms with Crippen molar-refractivity contribution in [2.24, 2.45) is 0 Å². The zero-order chi connectivity index (χ0) is 15.4. The van der Waals surface area contributed by atoms with Crippen LogP contribution in [0.25, 0.3) is 0 Å². The molecule has 0 radical (unpaired) electrons. The lowest BCUT2D eigenvalue weighted by molar-refractivity contribution is -0.145. The number of nitrogens with one attached hydrogen (secondary N) is 2. The minimum absolute atomic E-state index is 0.283. The molecule has 0 aromatic carbocycles. The molecule has 9 heteroatoms. The van der Waals surface area contributed by atoms with E-state index in [4.69, 9.17) is 10.2 Å². The highest BCUT2D eigenvalue weighted by atomic mass is 16.4. The van der Waals surface area contributed by atoms with Crippen molar-refractivity contribution in [3.63, 3.8) is 0 Å². The molecule has 1 aromatic rings. The first-order chi connectivity index (χ1) is 9.23. The van der Waals surface area contributed by atoms with Crippen LogP contribution in [0.15, 0.2) is 4.79 Å². The van der Waals surface area contributed by atoms with Crippen LogP contribution >= 0.6 is 0 Å². The minimum Gasteiger partial charge on any atom is -0.481 e. The molecule has 1 amide bonds. The molecule has 4 N–H and O–H groups in total. The lowest BCUT2D eigenvalue weighted by Gasteiger charge is -2.13. The SMILES string of the molecule is Cc1n[nH]c(=O)c(C(=O)N[C@H](CC(=O)O)C(=O)O)c1C. The van der Waals surface area contributed by atoms with E-state index in [1.54, 1.807) is 6.92 Å². The van der Waals surface area contributed by atoms with Crippen molar-refractivity contribution >= 4 is 17.8 Å². The zero-order valence-corrected chi connectivity index (χ0v) is 10.8. The summed E-state index contributed by atoms with van der Waals surface area (Å²) in [7, 11) is 0. The summed E-state index contributed by atoms with van der Waals surface area (Å²) in [5.41, 5.74) is -0.357. The molecule has 20 heavy (non-hydrogen) atoms. The lowest BCUT2D eigenvalue weighted by Crippen LogP contribution is -2.44. The van der Waals surface area contributed by atoms with Gasteiger partial charge in [0.05, 0.1) is 12.1 Å². The largest absolute Gasteiger partial charge is 0.481 e. The molecule has 0 saturated carbocycles. The fraction of sp³-hybridized carbons (Fsp3) is 0.364. The standard InChI is InChI=1S/C11H13N3O6/c1-4-5(2)13-14-10(18)8(4)9(17)12-6(11(19)20)3-7(15)16/h6H,3H2,1-2H3,(H,12,17)(H,14,18)(H,15,16)(H,19,20)/t6-/m1/s1. The fourth-order valence-corrected chi connectivity index (χ4v) is 1.50. The first-order valence-electron chi connectivity index (χ1n) is 5.55. The zero-order valence-electron chi connectivity index (χ0n) is 10.8. The minimum atomic E-state index is -1.62. The van der Waals surface area contributed by atoms with Gasteiger partial charge in [-0.1, -0.05) is 0 Å². The Hall–Kier alpha value is -2.71. The second kappa shape index (κ2) is 5.95. The highest BCUT2D eigenvalue weighted by Crippen LogP contribution is 2.05. The number of carboxylic acid groups (broad SMARTS) is 2. The number of aromatic nitrogens is 2. The number of aryl methyl sites for hydroxylation is 1. The Morgan fingerprint density at radius 1 is 1.30 bits per heavy atom. The van der Waals surface area contributed by atoms with E-state index in [1.165, 1.54) is 6.92 Å². The van der Waals surface area contributed by atoms with E-state index in [-0.39, 0.29) is 5.56 Å². The van der Waals surface area contributed by atoms with Crippen LogP contribution < -0.4 is 10.9 Å². The van der Waals surface area contributed by atoms with Gasteiger partial charge in [-0.25, -0.2) is 9.89 Å². The van der Waals surface area contributed by atoms with E-state index < -0.39 is 35.9 Å². The highest BCUT2D eigenvalue weighted by molar-refractivity contribution is 5.98. The molecule has 9 nitrogen and oxygen atoms in total. The fourth-order valence-electron chi connectivity index (χ4n) is 1.50. The Morgan fingerprint density at radius 3 is 2.40 bits per heavy atom. The number of rotatable bonds is 5. The van der Waals surface area contributed by atoms with Crippen LogP contribution in [-0.2, 0) is 9.59 Å². The quantitative estimate of drug-likeness (QED) is 0.543. The number of nitrogens with zero attached hydrogens (tertiary/aromatic N) is 1. The third-order valence-electron chi connectivity index (χ3n) is 2.68. The van der Waals surface area contributed by atoms with Crippen LogP contribution in [0.3, 0.4) is 0 Å². The molecule has 0 spiro atoms. The van der Waals surface area contributed by atoms with Gasteiger partial charge in [-0.2, -0.15) is 5.10 Å². The van der Waals surface area contributed by atoms with Crippen LogP contribution in [0.1, 0.15) is 28.0 Å². The predicted octanol–water partition coefficient (Wildman–Crippen LogP) is -0.956. The summed E-state index contributed by atoms with van der Waals surface area (Å²) < 4.78 is 0. The van der Waals surface area contributed by atoms with E-state index in [9.17, 15) is 19.2 Å². The maximum absolute atomic E-state index is 11.9. The van der Waals surface area contributed by atoms with Gasteiger partial charge in [0, 0.05) is 0 Å². The predicted molar refractivity (Wildman–Crippen MR) is 65.5 cm³/mol. The third-order valence-corrected chi connectivity index (χ3v) is 2.68. The van der Waals surface area contributed by atoms with E-state index in [1.807, 2.05) is 5.32 Å². The number of H-pyrrole nitrogens is 1. The maximum Gasteiger partial charge on any atom is 0.326 e. The van der Waals surface area contributed by atoms with E-state index in [0.29, 0.717) is 11.3 Å². The topological polar surface area (TPSA) is 149 Å². The van der Waals surface area contributed by atoms with E-state index in [0.717, 1.165) is 0 Å². The second-order valence-electron chi connectivity index (χ2n) is 4.10. The molecule has 1 aromatic heterocycles. The van der Waals surface area contributed by atoms with Crippen LogP contribution in [0.5, 0.6) is 0 Å². The van der Waals surface area contributed by atoms with Gasteiger partial charge in [0.15, 0.2) is 0 Å². The summed E-state index contributed by atoms with van der Waals surface area (Å²) in [6.07, 6.45) is -0.790. The molecule has 0 unspecified atom stereocenters. The van der Waals surface area contributed by atoms with Gasteiger partial charge in [-0.15, -0.1) is 0 Å². The first-order valence-corrected chi connectivity index (χ1v) is 5.55. The third kappa shape index (κ3) is 3.40. The molecule has 0 saturated heterocycles. The molecule has 108 valence electrons. The molecule has 0 bridgehead atoms. The number of carbonyl (C=O) groups is 3. The molecule has 1 heterocycles. The van der Waals surface area contributed by atoms with Crippen molar-refractivity contribution in [1.82, 2.24) is 15.5 Å². The van der Waals surface area contributed by atoms with E-state index in [2.05, 4.69) is 10.2 Å². The van der Waals surface area contributed by atoms with Crippen LogP contribution in [-0.4, -0.2) is 44.3 Å². The summed E-state index contributed by atoms with van der Waals surface area (Å²) in [6.45, 7) is 3.05. The smallest absolute Gasteiger partial charge is 0.326 e. The molecule has 0 aliphatic heterocycles. The van der Waals surface area contributed by atoms with Crippen LogP contribution in [0.2, 0.25) is 0 Å². The lowest BCUT2D eigenvalue weighted by atomic mass is 10.1. The number of aliphatic carboxylic acids is 2. The molecule has 0 aliphatic carbocycles. The number of amides is 1. The van der Waals surface area contributed by atoms with Gasteiger partial charge < -0.3 is 15.5 Å². The number of hydrogen-bond donors (Lipinski definition) is 4. The maximum atomic E-state index is 11.9. The normalized spacial score (nSPS) is 11.7. The highest BCUT2D eigenvalue weighted by Gasteiger charge is 2.26. The van der Waals surface area contributed by atoms with Gasteiger partial charge in [0.25, 0.3) is 11.5 Å². The summed E-state index contributed by atoms with van der Waals surface area (Å²) in [6, 6.07) is -1.62. The van der Waals surface area contributed by atoms with Gasteiger partial charge in [-0.05, 0) is 19.4 Å². The summed E-state index contributed by atoms with van der Waals surface area (Å²) >= 11 is 0. The molecule has 0 aliphatic rings. The first kappa shape index (κ1) is 15.3. The number of carboxylic acids is 2. The van der Waals surface area contributed by atoms with Crippen molar-refractivity contribution in [2.45, 2.75) is 26.3 Å². The van der Waals surface area contributed by atoms with Crippen molar-refractivity contribution < 1.29 is 24.6 Å². The number of aromatic amines is 1. The Balaban J connectivity index is 3.07. The van der Waals surface area contributed by atoms with Crippen LogP contribution in [0, 0.1) is 13.8 Å². The summed E-state index contributed by atoms with van der Waals surface area (Å²) in [4.78, 5) is 44.9. The molecular formula is C11H13N3O6. The average molecular weight is 283 g/mol.